The van der Waals surface area contributed by atoms with Crippen molar-refractivity contribution in [2.24, 2.45) is 0 Å². The lowest BCUT2D eigenvalue weighted by Crippen LogP contribution is -2.29. The monoisotopic (exact) mass is 488 g/mol. The molecule has 0 spiro atoms. The summed E-state index contributed by atoms with van der Waals surface area (Å²) < 4.78 is 34.5. The molecule has 0 aliphatic carbocycles. The molecule has 0 N–H and O–H groups in total. The zero-order valence-electron chi connectivity index (χ0n) is 18.9. The summed E-state index contributed by atoms with van der Waals surface area (Å²) in [6.07, 6.45) is 2.56. The molecule has 4 aromatic rings. The third-order valence-electron chi connectivity index (χ3n) is 5.73. The van der Waals surface area contributed by atoms with Gasteiger partial charge in [0.25, 0.3) is 11.8 Å². The van der Waals surface area contributed by atoms with Gasteiger partial charge in [-0.15, -0.1) is 0 Å². The minimum absolute atomic E-state index is 0.0917. The van der Waals surface area contributed by atoms with Gasteiger partial charge in [-0.25, -0.2) is 4.98 Å². The van der Waals surface area contributed by atoms with E-state index >= 15 is 0 Å². The molecule has 0 unspecified atom stereocenters. The molecule has 0 saturated heterocycles. The van der Waals surface area contributed by atoms with Crippen molar-refractivity contribution in [1.29, 1.82) is 0 Å². The molecule has 9 heteroatoms. The minimum atomic E-state index is -3.79. The van der Waals surface area contributed by atoms with Crippen LogP contribution in [0.1, 0.15) is 26.3 Å². The zero-order valence-corrected chi connectivity index (χ0v) is 19.7. The van der Waals surface area contributed by atoms with E-state index in [2.05, 4.69) is 4.98 Å². The first-order valence-electron chi connectivity index (χ1n) is 10.7. The van der Waals surface area contributed by atoms with Gasteiger partial charge in [0.1, 0.15) is 0 Å². The Labute approximate surface area is 201 Å². The molecule has 0 atom stereocenters. The Kier molecular flexibility index (Phi) is 5.49. The van der Waals surface area contributed by atoms with Crippen molar-refractivity contribution in [1.82, 2.24) is 9.88 Å². The highest BCUT2D eigenvalue weighted by Gasteiger charge is 2.35. The Bertz CT molecular complexity index is 1580. The number of fused-ring (bicyclic) bond motifs is 2. The van der Waals surface area contributed by atoms with Gasteiger partial charge in [-0.05, 0) is 41.5 Å². The van der Waals surface area contributed by atoms with Gasteiger partial charge in [0.05, 0.1) is 31.0 Å². The van der Waals surface area contributed by atoms with Crippen LogP contribution in [0.2, 0.25) is 0 Å². The van der Waals surface area contributed by atoms with Crippen LogP contribution < -0.4 is 8.92 Å². The number of nitrogens with zero attached hydrogens (tertiary/aromatic N) is 2. The molecule has 8 nitrogen and oxygen atoms in total. The van der Waals surface area contributed by atoms with Gasteiger partial charge in [0.15, 0.2) is 5.75 Å². The average molecular weight is 489 g/mol. The number of hydrogen-bond donors (Lipinski definition) is 0. The molecule has 0 fully saturated rings. The van der Waals surface area contributed by atoms with Gasteiger partial charge in [-0.3, -0.25) is 14.5 Å². The van der Waals surface area contributed by atoms with Crippen LogP contribution in [0.4, 0.5) is 0 Å². The second kappa shape index (κ2) is 8.52. The number of hydrogen-bond acceptors (Lipinski definition) is 7. The van der Waals surface area contributed by atoms with E-state index in [-0.39, 0.29) is 24.1 Å². The third kappa shape index (κ3) is 4.10. The van der Waals surface area contributed by atoms with Gasteiger partial charge in [0, 0.05) is 22.5 Å². The first-order chi connectivity index (χ1) is 16.8. The summed E-state index contributed by atoms with van der Waals surface area (Å²) in [7, 11) is -2.31. The predicted molar refractivity (Wildman–Crippen MR) is 130 cm³/mol. The highest BCUT2D eigenvalue weighted by molar-refractivity contribution is 7.86. The molecule has 2 amide bonds. The van der Waals surface area contributed by atoms with Gasteiger partial charge >= 0.3 is 10.1 Å². The Balaban J connectivity index is 1.58. The van der Waals surface area contributed by atoms with E-state index in [1.165, 1.54) is 12.0 Å². The van der Waals surface area contributed by atoms with Crippen molar-refractivity contribution in [2.75, 3.05) is 13.4 Å². The van der Waals surface area contributed by atoms with Gasteiger partial charge < -0.3 is 8.92 Å². The number of carbonyl (C=O) groups is 2. The normalized spacial score (nSPS) is 13.3. The van der Waals surface area contributed by atoms with Crippen molar-refractivity contribution in [2.45, 2.75) is 6.54 Å². The SMILES string of the molecule is COc1ncc(-c2cccc(CN3C(=O)c4ccccc4C3=O)c2)c2c(OS(C)(=O)=O)cccc12. The molecule has 1 aliphatic rings. The van der Waals surface area contributed by atoms with Crippen LogP contribution in [-0.2, 0) is 16.7 Å². The van der Waals surface area contributed by atoms with E-state index in [0.717, 1.165) is 11.8 Å². The summed E-state index contributed by atoms with van der Waals surface area (Å²) in [5.74, 6) is -0.204. The number of aromatic nitrogens is 1. The van der Waals surface area contributed by atoms with Crippen molar-refractivity contribution < 1.29 is 26.9 Å². The van der Waals surface area contributed by atoms with Crippen LogP contribution in [-0.4, -0.2) is 43.5 Å². The molecule has 2 heterocycles. The van der Waals surface area contributed by atoms with Crippen LogP contribution in [0.25, 0.3) is 21.9 Å². The molecule has 35 heavy (non-hydrogen) atoms. The highest BCUT2D eigenvalue weighted by Crippen LogP contribution is 2.39. The lowest BCUT2D eigenvalue weighted by atomic mass is 9.98. The molecule has 3 aromatic carbocycles. The first-order valence-corrected chi connectivity index (χ1v) is 12.5. The molecular formula is C26H20N2O6S. The number of ether oxygens (including phenoxy) is 1. The Morgan fingerprint density at radius 1 is 0.886 bits per heavy atom. The van der Waals surface area contributed by atoms with Crippen LogP contribution in [0, 0.1) is 0 Å². The minimum Gasteiger partial charge on any atom is -0.481 e. The number of carbonyl (C=O) groups excluding carboxylic acids is 2. The maximum Gasteiger partial charge on any atom is 0.306 e. The molecule has 0 bridgehead atoms. The number of amides is 2. The number of pyridine rings is 1. The quantitative estimate of drug-likeness (QED) is 0.298. The molecular weight excluding hydrogens is 468 g/mol. The zero-order chi connectivity index (χ0) is 24.7. The predicted octanol–water partition coefficient (Wildman–Crippen LogP) is 4.05. The molecule has 1 aliphatic heterocycles. The van der Waals surface area contributed by atoms with E-state index in [0.29, 0.717) is 38.9 Å². The second-order valence-corrected chi connectivity index (χ2v) is 9.66. The maximum atomic E-state index is 12.8. The van der Waals surface area contributed by atoms with Crippen LogP contribution >= 0.6 is 0 Å². The van der Waals surface area contributed by atoms with Crippen molar-refractivity contribution >= 4 is 32.7 Å². The van der Waals surface area contributed by atoms with Crippen LogP contribution in [0.3, 0.4) is 0 Å². The highest BCUT2D eigenvalue weighted by atomic mass is 32.2. The largest absolute Gasteiger partial charge is 0.481 e. The van der Waals surface area contributed by atoms with Crippen LogP contribution in [0.15, 0.2) is 72.9 Å². The molecule has 0 radical (unpaired) electrons. The number of imide groups is 1. The van der Waals surface area contributed by atoms with E-state index in [4.69, 9.17) is 8.92 Å². The van der Waals surface area contributed by atoms with E-state index in [1.807, 2.05) is 18.2 Å². The fraction of sp³-hybridized carbons (Fsp3) is 0.115. The Morgan fingerprint density at radius 2 is 1.57 bits per heavy atom. The summed E-state index contributed by atoms with van der Waals surface area (Å²) in [5.41, 5.74) is 2.83. The second-order valence-electron chi connectivity index (χ2n) is 8.09. The molecule has 176 valence electrons. The van der Waals surface area contributed by atoms with E-state index in [1.54, 1.807) is 54.7 Å². The fourth-order valence-corrected chi connectivity index (χ4v) is 4.73. The van der Waals surface area contributed by atoms with Crippen molar-refractivity contribution in [3.8, 4) is 22.8 Å². The summed E-state index contributed by atoms with van der Waals surface area (Å²) in [6.45, 7) is 0.0917. The lowest BCUT2D eigenvalue weighted by molar-refractivity contribution is 0.0642. The van der Waals surface area contributed by atoms with E-state index < -0.39 is 10.1 Å². The summed E-state index contributed by atoms with van der Waals surface area (Å²) in [4.78, 5) is 31.2. The number of methoxy groups -OCH3 is 1. The fourth-order valence-electron chi connectivity index (χ4n) is 4.26. The van der Waals surface area contributed by atoms with E-state index in [9.17, 15) is 18.0 Å². The maximum absolute atomic E-state index is 12.8. The van der Waals surface area contributed by atoms with Crippen LogP contribution in [0.5, 0.6) is 11.6 Å². The van der Waals surface area contributed by atoms with Crippen molar-refractivity contribution in [3.63, 3.8) is 0 Å². The first kappa shape index (κ1) is 22.5. The summed E-state index contributed by atoms with van der Waals surface area (Å²) in [6, 6.07) is 19.0. The summed E-state index contributed by atoms with van der Waals surface area (Å²) >= 11 is 0. The van der Waals surface area contributed by atoms with Gasteiger partial charge in [0.2, 0.25) is 5.88 Å². The number of benzene rings is 3. The van der Waals surface area contributed by atoms with Gasteiger partial charge in [-0.1, -0.05) is 36.4 Å². The summed E-state index contributed by atoms with van der Waals surface area (Å²) in [5, 5.41) is 1.10. The Morgan fingerprint density at radius 3 is 2.23 bits per heavy atom. The van der Waals surface area contributed by atoms with Crippen molar-refractivity contribution in [3.05, 3.63) is 89.6 Å². The lowest BCUT2D eigenvalue weighted by Gasteiger charge is -2.16. The topological polar surface area (TPSA) is 103 Å². The standard InChI is InChI=1S/C26H20N2O6S/c1-33-24-20-11-6-12-22(34-35(2,31)32)23(20)21(14-27-24)17-8-5-7-16(13-17)15-28-25(29)18-9-3-4-10-19(18)26(28)30/h3-14H,15H2,1-2H3. The Hall–Kier alpha value is -4.24. The third-order valence-corrected chi connectivity index (χ3v) is 6.21. The molecule has 5 rings (SSSR count). The smallest absolute Gasteiger partial charge is 0.306 e. The average Bonchev–Trinajstić information content (AvgIpc) is 3.08. The van der Waals surface area contributed by atoms with Gasteiger partial charge in [-0.2, -0.15) is 8.42 Å². The number of rotatable bonds is 6. The molecule has 0 saturated carbocycles. The molecule has 1 aromatic heterocycles.